The van der Waals surface area contributed by atoms with Gasteiger partial charge in [0, 0.05) is 17.8 Å². The van der Waals surface area contributed by atoms with Crippen molar-refractivity contribution in [3.63, 3.8) is 0 Å². The fraction of sp³-hybridized carbons (Fsp3) is 0.733. The van der Waals surface area contributed by atoms with Crippen LogP contribution in [-0.4, -0.2) is 116 Å². The molecule has 6 aliphatic rings. The Morgan fingerprint density at radius 2 is 1.82 bits per heavy atom. The van der Waals surface area contributed by atoms with Crippen molar-refractivity contribution in [3.8, 4) is 0 Å². The van der Waals surface area contributed by atoms with E-state index < -0.39 is 102 Å². The Labute approximate surface area is 251 Å². The number of ketones is 2. The van der Waals surface area contributed by atoms with E-state index in [1.807, 2.05) is 0 Å². The SMILES string of the molecule is C[C@@H]1C[C@H]2[C@@H]3CCC4=CC(=O)C=C[C@]4(C)[C@@]3(F)[C@@H](O)C[C@@]23O[C@]13C(=O)COC(=O)CC(=O)OCC(O)[C@H]1O[C@H](O)[C@H](O)[C@H]1O. The molecule has 0 radical (unpaired) electrons. The lowest BCUT2D eigenvalue weighted by Gasteiger charge is -2.59. The number of esters is 2. The second-order valence-corrected chi connectivity index (χ2v) is 13.2. The first-order chi connectivity index (χ1) is 20.6. The van der Waals surface area contributed by atoms with E-state index in [1.54, 1.807) is 19.9 Å². The number of fused-ring (bicyclic) bond motifs is 4. The van der Waals surface area contributed by atoms with Gasteiger partial charge in [-0.2, -0.15) is 0 Å². The van der Waals surface area contributed by atoms with Gasteiger partial charge in [-0.1, -0.05) is 18.6 Å². The van der Waals surface area contributed by atoms with Crippen molar-refractivity contribution >= 4 is 23.5 Å². The number of aliphatic hydroxyl groups excluding tert-OH is 5. The monoisotopic (exact) mass is 624 g/mol. The van der Waals surface area contributed by atoms with Crippen LogP contribution in [0.5, 0.6) is 0 Å². The molecule has 0 amide bonds. The number of allylic oxidation sites excluding steroid dienone is 4. The molecule has 13 nitrogen and oxygen atoms in total. The molecule has 1 unspecified atom stereocenters. The number of carbonyl (C=O) groups excluding carboxylic acids is 4. The third-order valence-corrected chi connectivity index (χ3v) is 11.1. The van der Waals surface area contributed by atoms with Crippen LogP contribution in [0.4, 0.5) is 4.39 Å². The van der Waals surface area contributed by atoms with Crippen LogP contribution < -0.4 is 0 Å². The quantitative estimate of drug-likeness (QED) is 0.124. The maximum absolute atomic E-state index is 17.2. The summed E-state index contributed by atoms with van der Waals surface area (Å²) in [5.74, 6) is -4.35. The van der Waals surface area contributed by atoms with Crippen molar-refractivity contribution in [1.29, 1.82) is 0 Å². The first kappa shape index (κ1) is 31.4. The Kier molecular flexibility index (Phi) is 7.47. The zero-order chi connectivity index (χ0) is 32.0. The molecule has 0 aromatic heterocycles. The van der Waals surface area contributed by atoms with E-state index in [2.05, 4.69) is 0 Å². The predicted octanol–water partition coefficient (Wildman–Crippen LogP) is -1.05. The van der Waals surface area contributed by atoms with Crippen LogP contribution >= 0.6 is 0 Å². The van der Waals surface area contributed by atoms with Gasteiger partial charge in [-0.05, 0) is 50.2 Å². The van der Waals surface area contributed by atoms with Gasteiger partial charge in [0.05, 0.1) is 6.10 Å². The van der Waals surface area contributed by atoms with E-state index >= 15 is 4.39 Å². The average Bonchev–Trinajstić information content (AvgIpc) is 3.49. The predicted molar refractivity (Wildman–Crippen MR) is 142 cm³/mol. The smallest absolute Gasteiger partial charge is 0.317 e. The van der Waals surface area contributed by atoms with Crippen LogP contribution in [-0.2, 0) is 38.1 Å². The van der Waals surface area contributed by atoms with Crippen LogP contribution in [0.3, 0.4) is 0 Å². The van der Waals surface area contributed by atoms with Gasteiger partial charge >= 0.3 is 11.9 Å². The highest BCUT2D eigenvalue weighted by Crippen LogP contribution is 2.76. The number of carbonyl (C=O) groups is 4. The summed E-state index contributed by atoms with van der Waals surface area (Å²) in [5.41, 5.74) is -5.10. The number of rotatable bonds is 8. The zero-order valence-electron chi connectivity index (χ0n) is 24.3. The summed E-state index contributed by atoms with van der Waals surface area (Å²) in [4.78, 5) is 50.0. The molecule has 5 N–H and O–H groups in total. The van der Waals surface area contributed by atoms with E-state index in [9.17, 15) is 44.7 Å². The summed E-state index contributed by atoms with van der Waals surface area (Å²) in [7, 11) is 0. The van der Waals surface area contributed by atoms with E-state index in [0.717, 1.165) is 0 Å². The molecule has 0 bridgehead atoms. The van der Waals surface area contributed by atoms with Gasteiger partial charge in [-0.15, -0.1) is 0 Å². The van der Waals surface area contributed by atoms with Crippen molar-refractivity contribution < 1.29 is 68.0 Å². The molecule has 14 heteroatoms. The highest BCUT2D eigenvalue weighted by atomic mass is 19.1. The molecule has 242 valence electrons. The summed E-state index contributed by atoms with van der Waals surface area (Å²) in [6.45, 7) is 2.07. The van der Waals surface area contributed by atoms with Gasteiger partial charge in [-0.3, -0.25) is 19.2 Å². The third kappa shape index (κ3) is 4.22. The van der Waals surface area contributed by atoms with Gasteiger partial charge in [0.25, 0.3) is 0 Å². The molecule has 6 rings (SSSR count). The maximum atomic E-state index is 17.2. The van der Waals surface area contributed by atoms with Gasteiger partial charge in [0.2, 0.25) is 5.78 Å². The van der Waals surface area contributed by atoms with Crippen LogP contribution in [0.15, 0.2) is 23.8 Å². The number of halogens is 1. The maximum Gasteiger partial charge on any atom is 0.317 e. The lowest BCUT2D eigenvalue weighted by atomic mass is 9.48. The molecule has 13 atom stereocenters. The van der Waals surface area contributed by atoms with Crippen molar-refractivity contribution in [2.45, 2.75) is 99.6 Å². The van der Waals surface area contributed by atoms with Crippen LogP contribution in [0.25, 0.3) is 0 Å². The average molecular weight is 625 g/mol. The number of alkyl halides is 1. The minimum atomic E-state index is -2.07. The molecule has 3 saturated carbocycles. The highest BCUT2D eigenvalue weighted by Gasteiger charge is 2.88. The minimum Gasteiger partial charge on any atom is -0.462 e. The summed E-state index contributed by atoms with van der Waals surface area (Å²) in [6, 6.07) is 0. The number of hydrogen-bond donors (Lipinski definition) is 5. The third-order valence-electron chi connectivity index (χ3n) is 11.1. The molecule has 0 aromatic rings. The molecule has 2 saturated heterocycles. The topological polar surface area (TPSA) is 210 Å². The van der Waals surface area contributed by atoms with Crippen molar-refractivity contribution in [3.05, 3.63) is 23.8 Å². The van der Waals surface area contributed by atoms with Crippen LogP contribution in [0, 0.1) is 23.2 Å². The fourth-order valence-electron chi connectivity index (χ4n) is 8.88. The number of Topliss-reactive ketones (excluding diaryl/α,β-unsaturated/α-hetero) is 1. The summed E-state index contributed by atoms with van der Waals surface area (Å²) >= 11 is 0. The Morgan fingerprint density at radius 1 is 1.11 bits per heavy atom. The lowest BCUT2D eigenvalue weighted by molar-refractivity contribution is -0.179. The van der Waals surface area contributed by atoms with Gasteiger partial charge in [-0.25, -0.2) is 4.39 Å². The number of ether oxygens (including phenoxy) is 4. The van der Waals surface area contributed by atoms with Gasteiger partial charge < -0.3 is 44.5 Å². The fourth-order valence-corrected chi connectivity index (χ4v) is 8.88. The Balaban J connectivity index is 1.06. The summed E-state index contributed by atoms with van der Waals surface area (Å²) < 4.78 is 38.1. The Bertz CT molecular complexity index is 1330. The summed E-state index contributed by atoms with van der Waals surface area (Å²) in [6.07, 6.45) is -4.93. The first-order valence-corrected chi connectivity index (χ1v) is 14.9. The van der Waals surface area contributed by atoms with Crippen molar-refractivity contribution in [1.82, 2.24) is 0 Å². The molecule has 2 heterocycles. The molecule has 2 aliphatic heterocycles. The molecule has 4 aliphatic carbocycles. The second kappa shape index (κ2) is 10.5. The van der Waals surface area contributed by atoms with Crippen molar-refractivity contribution in [2.24, 2.45) is 23.2 Å². The van der Waals surface area contributed by atoms with E-state index in [-0.39, 0.29) is 24.0 Å². The Morgan fingerprint density at radius 3 is 2.50 bits per heavy atom. The van der Waals surface area contributed by atoms with Crippen LogP contribution in [0.2, 0.25) is 0 Å². The molecule has 5 fully saturated rings. The number of epoxide rings is 1. The summed E-state index contributed by atoms with van der Waals surface area (Å²) in [5, 5.41) is 50.1. The highest BCUT2D eigenvalue weighted by molar-refractivity contribution is 6.01. The normalized spacial score (nSPS) is 47.5. The lowest BCUT2D eigenvalue weighted by Crippen LogP contribution is -2.66. The minimum absolute atomic E-state index is 0.137. The molecule has 0 aromatic carbocycles. The molecular weight excluding hydrogens is 587 g/mol. The van der Waals surface area contributed by atoms with Crippen molar-refractivity contribution in [2.75, 3.05) is 13.2 Å². The Hall–Kier alpha value is -2.59. The first-order valence-electron chi connectivity index (χ1n) is 14.9. The standard InChI is InChI=1S/C30H37FO13/c1-13-7-17-16-4-3-14-8-15(32)5-6-27(14,2)29(16,31)19(34)10-28(17)30(13,44-28)20(35)12-42-22(37)9-21(36)41-11-18(33)25-23(38)24(39)26(40)43-25/h5-6,8,13,16-19,23-26,33-34,38-40H,3-4,7,9-12H2,1-2H3/t13-,16+,17+,18?,19+,23-,24-,25-,26+,27+,28-,29+,30+/m1/s1. The molecular formula is C30H37FO13. The molecule has 1 spiro atoms. The van der Waals surface area contributed by atoms with Gasteiger partial charge in [0.1, 0.15) is 43.0 Å². The van der Waals surface area contributed by atoms with Crippen LogP contribution in [0.1, 0.15) is 46.0 Å². The largest absolute Gasteiger partial charge is 0.462 e. The number of hydrogen-bond acceptors (Lipinski definition) is 13. The van der Waals surface area contributed by atoms with E-state index in [1.165, 1.54) is 12.2 Å². The van der Waals surface area contributed by atoms with Gasteiger partial charge in [0.15, 0.2) is 29.9 Å². The molecule has 44 heavy (non-hydrogen) atoms. The van der Waals surface area contributed by atoms with E-state index in [4.69, 9.17) is 18.9 Å². The second-order valence-electron chi connectivity index (χ2n) is 13.2. The number of aliphatic hydroxyl groups is 5. The van der Waals surface area contributed by atoms with E-state index in [0.29, 0.717) is 24.8 Å². The zero-order valence-corrected chi connectivity index (χ0v) is 24.3.